The van der Waals surface area contributed by atoms with E-state index in [0.717, 1.165) is 30.0 Å². The molecule has 2 atom stereocenters. The molecule has 2 aliphatic rings. The fourth-order valence-electron chi connectivity index (χ4n) is 3.26. The molecule has 1 heterocycles. The highest BCUT2D eigenvalue weighted by molar-refractivity contribution is 5.38. The summed E-state index contributed by atoms with van der Waals surface area (Å²) < 4.78 is 37.2. The van der Waals surface area contributed by atoms with E-state index in [4.69, 9.17) is 0 Å². The zero-order chi connectivity index (χ0) is 19.0. The van der Waals surface area contributed by atoms with E-state index in [-0.39, 0.29) is 5.92 Å². The summed E-state index contributed by atoms with van der Waals surface area (Å²) in [5, 5.41) is 3.37. The summed E-state index contributed by atoms with van der Waals surface area (Å²) in [6.07, 6.45) is 0.367. The molecular weight excluding hydrogens is 325 g/mol. The minimum absolute atomic E-state index is 0.271. The molecule has 0 amide bonds. The Morgan fingerprint density at radius 3 is 2.28 bits per heavy atom. The summed E-state index contributed by atoms with van der Waals surface area (Å²) in [7, 11) is 4.30. The van der Waals surface area contributed by atoms with Crippen molar-refractivity contribution in [3.05, 3.63) is 34.9 Å². The van der Waals surface area contributed by atoms with Crippen LogP contribution in [0.1, 0.15) is 62.6 Å². The molecule has 1 aromatic carbocycles. The monoisotopic (exact) mass is 358 g/mol. The van der Waals surface area contributed by atoms with Gasteiger partial charge in [0.1, 0.15) is 0 Å². The van der Waals surface area contributed by atoms with Crippen molar-refractivity contribution in [2.24, 2.45) is 0 Å². The lowest BCUT2D eigenvalue weighted by molar-refractivity contribution is -0.137. The van der Waals surface area contributed by atoms with Gasteiger partial charge in [0.05, 0.1) is 5.56 Å². The van der Waals surface area contributed by atoms with Crippen molar-refractivity contribution >= 4 is 0 Å². The van der Waals surface area contributed by atoms with Gasteiger partial charge in [-0.2, -0.15) is 13.2 Å². The first-order chi connectivity index (χ1) is 11.8. The van der Waals surface area contributed by atoms with Crippen molar-refractivity contribution in [3.8, 4) is 0 Å². The largest absolute Gasteiger partial charge is 0.416 e. The normalized spacial score (nSPS) is 22.4. The fraction of sp³-hybridized carbons (Fsp3) is 0.700. The average molecular weight is 358 g/mol. The number of benzene rings is 1. The third-order valence-corrected chi connectivity index (χ3v) is 4.85. The summed E-state index contributed by atoms with van der Waals surface area (Å²) in [5.74, 6) is 0.271. The molecule has 5 heteroatoms. The topological polar surface area (TPSA) is 15.3 Å². The molecule has 1 aliphatic heterocycles. The van der Waals surface area contributed by atoms with Crippen LogP contribution in [0.4, 0.5) is 13.2 Å². The highest BCUT2D eigenvalue weighted by atomic mass is 19.4. The number of nitrogens with one attached hydrogen (secondary N) is 1. The summed E-state index contributed by atoms with van der Waals surface area (Å²) in [4.78, 5) is 2.30. The van der Waals surface area contributed by atoms with Gasteiger partial charge in [0.2, 0.25) is 0 Å². The molecule has 0 bridgehead atoms. The van der Waals surface area contributed by atoms with Crippen LogP contribution in [0.3, 0.4) is 0 Å². The lowest BCUT2D eigenvalue weighted by Gasteiger charge is -2.28. The van der Waals surface area contributed by atoms with Gasteiger partial charge in [-0.3, -0.25) is 0 Å². The van der Waals surface area contributed by atoms with Crippen molar-refractivity contribution in [1.29, 1.82) is 0 Å². The summed E-state index contributed by atoms with van der Waals surface area (Å²) in [5.41, 5.74) is 1.43. The quantitative estimate of drug-likeness (QED) is 0.753. The number of nitrogens with zero attached hydrogens (tertiary/aromatic N) is 1. The maximum absolute atomic E-state index is 12.4. The van der Waals surface area contributed by atoms with Crippen LogP contribution in [-0.2, 0) is 12.6 Å². The Morgan fingerprint density at radius 1 is 1.12 bits per heavy atom. The first kappa shape index (κ1) is 22.0. The molecule has 0 aromatic heterocycles. The molecule has 1 saturated heterocycles. The van der Waals surface area contributed by atoms with E-state index in [2.05, 4.69) is 24.3 Å². The minimum Gasteiger partial charge on any atom is -0.315 e. The molecule has 1 aliphatic carbocycles. The Hall–Kier alpha value is -1.07. The number of likely N-dealkylation sites (N-methyl/N-ethyl adjacent to an activating group) is 1. The van der Waals surface area contributed by atoms with Crippen LogP contribution in [0.5, 0.6) is 0 Å². The van der Waals surface area contributed by atoms with Gasteiger partial charge in [-0.05, 0) is 75.5 Å². The predicted octanol–water partition coefficient (Wildman–Crippen LogP) is 5.08. The second-order valence-electron chi connectivity index (χ2n) is 6.81. The van der Waals surface area contributed by atoms with E-state index in [1.807, 2.05) is 20.8 Å². The van der Waals surface area contributed by atoms with Gasteiger partial charge in [-0.15, -0.1) is 0 Å². The fourth-order valence-corrected chi connectivity index (χ4v) is 3.26. The highest BCUT2D eigenvalue weighted by Crippen LogP contribution is 2.37. The Labute approximate surface area is 150 Å². The zero-order valence-corrected chi connectivity index (χ0v) is 16.2. The number of aryl methyl sites for hydroxylation is 1. The van der Waals surface area contributed by atoms with Gasteiger partial charge >= 0.3 is 6.18 Å². The van der Waals surface area contributed by atoms with Crippen LogP contribution in [-0.4, -0.2) is 38.1 Å². The molecule has 2 nitrogen and oxygen atoms in total. The van der Waals surface area contributed by atoms with Gasteiger partial charge in [0.15, 0.2) is 0 Å². The minimum atomic E-state index is -4.21. The van der Waals surface area contributed by atoms with E-state index in [0.29, 0.717) is 0 Å². The molecule has 0 radical (unpaired) electrons. The van der Waals surface area contributed by atoms with E-state index >= 15 is 0 Å². The standard InChI is InChI=1S/C11H11F3.C7H16N2.C2H6/c1-7-2-3-8-4-5-9(6-10(7)8)11(12,13)14;1-9(2)7-4-3-5-8-6-7;1-2/h4-7H,2-3H2,1H3;7-8H,3-6H2,1-2H3;1-2H3. The predicted molar refractivity (Wildman–Crippen MR) is 99.1 cm³/mol. The van der Waals surface area contributed by atoms with Crippen LogP contribution in [0, 0.1) is 0 Å². The van der Waals surface area contributed by atoms with E-state index in [1.165, 1.54) is 38.1 Å². The Kier molecular flexibility index (Phi) is 8.94. The molecular formula is C20H33F3N2. The average Bonchev–Trinajstić information content (AvgIpc) is 2.98. The molecule has 0 saturated carbocycles. The van der Waals surface area contributed by atoms with Crippen molar-refractivity contribution in [2.75, 3.05) is 27.2 Å². The van der Waals surface area contributed by atoms with Gasteiger partial charge in [-0.1, -0.05) is 26.8 Å². The second-order valence-corrected chi connectivity index (χ2v) is 6.81. The molecule has 0 spiro atoms. The van der Waals surface area contributed by atoms with E-state index in [9.17, 15) is 13.2 Å². The SMILES string of the molecule is CC.CC1CCc2ccc(C(F)(F)F)cc21.CN(C)C1CCCNC1. The maximum Gasteiger partial charge on any atom is 0.416 e. The number of hydrogen-bond acceptors (Lipinski definition) is 2. The van der Waals surface area contributed by atoms with Crippen molar-refractivity contribution < 1.29 is 13.2 Å². The number of hydrogen-bond donors (Lipinski definition) is 1. The molecule has 25 heavy (non-hydrogen) atoms. The highest BCUT2D eigenvalue weighted by Gasteiger charge is 2.32. The number of alkyl halides is 3. The number of halogens is 3. The summed E-state index contributed by atoms with van der Waals surface area (Å²) in [6, 6.07) is 4.87. The smallest absolute Gasteiger partial charge is 0.315 e. The summed E-state index contributed by atoms with van der Waals surface area (Å²) >= 11 is 0. The number of rotatable bonds is 1. The molecule has 144 valence electrons. The second kappa shape index (κ2) is 10.2. The first-order valence-electron chi connectivity index (χ1n) is 9.36. The summed E-state index contributed by atoms with van der Waals surface area (Å²) in [6.45, 7) is 8.36. The lowest BCUT2D eigenvalue weighted by Crippen LogP contribution is -2.42. The van der Waals surface area contributed by atoms with Gasteiger partial charge in [0.25, 0.3) is 0 Å². The van der Waals surface area contributed by atoms with Crippen molar-refractivity contribution in [1.82, 2.24) is 10.2 Å². The zero-order valence-electron chi connectivity index (χ0n) is 16.2. The molecule has 1 N–H and O–H groups in total. The van der Waals surface area contributed by atoms with Gasteiger partial charge in [-0.25, -0.2) is 0 Å². The van der Waals surface area contributed by atoms with Crippen molar-refractivity contribution in [2.45, 2.75) is 64.6 Å². The Balaban J connectivity index is 0.000000246. The Morgan fingerprint density at radius 2 is 1.80 bits per heavy atom. The van der Waals surface area contributed by atoms with Crippen LogP contribution >= 0.6 is 0 Å². The van der Waals surface area contributed by atoms with Gasteiger partial charge < -0.3 is 10.2 Å². The molecule has 1 aromatic rings. The molecule has 1 fully saturated rings. The van der Waals surface area contributed by atoms with Crippen LogP contribution < -0.4 is 5.32 Å². The van der Waals surface area contributed by atoms with E-state index < -0.39 is 11.7 Å². The van der Waals surface area contributed by atoms with Crippen LogP contribution in [0.2, 0.25) is 0 Å². The third kappa shape index (κ3) is 6.63. The lowest BCUT2D eigenvalue weighted by atomic mass is 10.0. The van der Waals surface area contributed by atoms with E-state index in [1.54, 1.807) is 6.07 Å². The Bertz CT molecular complexity index is 506. The van der Waals surface area contributed by atoms with Gasteiger partial charge in [0, 0.05) is 12.6 Å². The third-order valence-electron chi connectivity index (χ3n) is 4.85. The number of piperidine rings is 1. The maximum atomic E-state index is 12.4. The van der Waals surface area contributed by atoms with Crippen LogP contribution in [0.15, 0.2) is 18.2 Å². The van der Waals surface area contributed by atoms with Crippen molar-refractivity contribution in [3.63, 3.8) is 0 Å². The van der Waals surface area contributed by atoms with Crippen LogP contribution in [0.25, 0.3) is 0 Å². The number of fused-ring (bicyclic) bond motifs is 1. The molecule has 3 rings (SSSR count). The first-order valence-corrected chi connectivity index (χ1v) is 9.36. The molecule has 2 unspecified atom stereocenters.